The number of nitrogens with zero attached hydrogens (tertiary/aromatic N) is 1. The Morgan fingerprint density at radius 3 is 2.74 bits per heavy atom. The van der Waals surface area contributed by atoms with E-state index in [9.17, 15) is 8.42 Å². The number of anilines is 1. The van der Waals surface area contributed by atoms with Gasteiger partial charge in [0.05, 0.1) is 5.69 Å². The molecule has 1 atom stereocenters. The number of para-hydroxylation sites is 1. The molecule has 2 rings (SSSR count). The van der Waals surface area contributed by atoms with Crippen LogP contribution in [0.3, 0.4) is 0 Å². The van der Waals surface area contributed by atoms with E-state index in [4.69, 9.17) is 5.73 Å². The Morgan fingerprint density at radius 1 is 1.37 bits per heavy atom. The number of rotatable bonds is 3. The molecule has 1 aliphatic rings. The quantitative estimate of drug-likeness (QED) is 0.883. The summed E-state index contributed by atoms with van der Waals surface area (Å²) in [5.74, 6) is 0. The lowest BCUT2D eigenvalue weighted by Crippen LogP contribution is -2.44. The summed E-state index contributed by atoms with van der Waals surface area (Å²) in [7, 11) is -3.51. The van der Waals surface area contributed by atoms with Gasteiger partial charge < -0.3 is 5.73 Å². The van der Waals surface area contributed by atoms with Crippen LogP contribution in [0.4, 0.5) is 5.69 Å². The predicted octanol–water partition coefficient (Wildman–Crippen LogP) is 1.53. The SMILES string of the molecule is CC(C)NS(=O)(=O)N1CCCC(N)c2ccccc21. The van der Waals surface area contributed by atoms with Crippen molar-refractivity contribution < 1.29 is 8.42 Å². The fraction of sp³-hybridized carbons (Fsp3) is 0.538. The summed E-state index contributed by atoms with van der Waals surface area (Å²) in [5.41, 5.74) is 7.70. The van der Waals surface area contributed by atoms with Gasteiger partial charge in [0.25, 0.3) is 0 Å². The third kappa shape index (κ3) is 3.08. The van der Waals surface area contributed by atoms with Gasteiger partial charge in [-0.3, -0.25) is 4.31 Å². The molecule has 106 valence electrons. The van der Waals surface area contributed by atoms with E-state index in [-0.39, 0.29) is 12.1 Å². The van der Waals surface area contributed by atoms with E-state index >= 15 is 0 Å². The summed E-state index contributed by atoms with van der Waals surface area (Å²) < 4.78 is 28.9. The first kappa shape index (κ1) is 14.3. The summed E-state index contributed by atoms with van der Waals surface area (Å²) in [6.45, 7) is 4.09. The Bertz CT molecular complexity index is 543. The van der Waals surface area contributed by atoms with E-state index < -0.39 is 10.2 Å². The van der Waals surface area contributed by atoms with Gasteiger partial charge in [0.1, 0.15) is 0 Å². The number of hydrogen-bond donors (Lipinski definition) is 2. The van der Waals surface area contributed by atoms with E-state index in [1.165, 1.54) is 4.31 Å². The van der Waals surface area contributed by atoms with Crippen molar-refractivity contribution in [1.82, 2.24) is 4.72 Å². The van der Waals surface area contributed by atoms with Crippen LogP contribution in [-0.2, 0) is 10.2 Å². The normalized spacial score (nSPS) is 20.2. The molecule has 0 aliphatic carbocycles. The van der Waals surface area contributed by atoms with Crippen LogP contribution in [0.5, 0.6) is 0 Å². The molecule has 1 aromatic carbocycles. The van der Waals surface area contributed by atoms with Gasteiger partial charge in [-0.1, -0.05) is 18.2 Å². The van der Waals surface area contributed by atoms with Gasteiger partial charge in [-0.25, -0.2) is 0 Å². The highest BCUT2D eigenvalue weighted by Gasteiger charge is 2.28. The fourth-order valence-electron chi connectivity index (χ4n) is 2.37. The summed E-state index contributed by atoms with van der Waals surface area (Å²) in [6.07, 6.45) is 1.56. The molecule has 0 saturated carbocycles. The smallest absolute Gasteiger partial charge is 0.301 e. The molecule has 0 fully saturated rings. The summed E-state index contributed by atoms with van der Waals surface area (Å²) in [5, 5.41) is 0. The van der Waals surface area contributed by atoms with Crippen LogP contribution in [0.2, 0.25) is 0 Å². The highest BCUT2D eigenvalue weighted by atomic mass is 32.2. The molecular formula is C13H21N3O2S. The van der Waals surface area contributed by atoms with Crippen molar-refractivity contribution in [2.24, 2.45) is 5.73 Å². The Morgan fingerprint density at radius 2 is 2.05 bits per heavy atom. The largest absolute Gasteiger partial charge is 0.324 e. The van der Waals surface area contributed by atoms with Crippen LogP contribution >= 0.6 is 0 Å². The zero-order chi connectivity index (χ0) is 14.0. The molecule has 0 amide bonds. The molecular weight excluding hydrogens is 262 g/mol. The van der Waals surface area contributed by atoms with Crippen LogP contribution in [0, 0.1) is 0 Å². The van der Waals surface area contributed by atoms with Crippen LogP contribution in [0.25, 0.3) is 0 Å². The van der Waals surface area contributed by atoms with E-state index in [2.05, 4.69) is 4.72 Å². The molecule has 6 heteroatoms. The van der Waals surface area contributed by atoms with Gasteiger partial charge in [0.2, 0.25) is 0 Å². The Labute approximate surface area is 115 Å². The molecule has 1 aliphatic heterocycles. The maximum Gasteiger partial charge on any atom is 0.301 e. The van der Waals surface area contributed by atoms with Gasteiger partial charge in [-0.05, 0) is 38.3 Å². The number of benzene rings is 1. The Hall–Kier alpha value is -1.11. The third-order valence-electron chi connectivity index (χ3n) is 3.16. The highest BCUT2D eigenvalue weighted by Crippen LogP contribution is 2.32. The molecule has 3 N–H and O–H groups in total. The first-order chi connectivity index (χ1) is 8.92. The van der Waals surface area contributed by atoms with Gasteiger partial charge in [0, 0.05) is 18.6 Å². The minimum atomic E-state index is -3.51. The van der Waals surface area contributed by atoms with Gasteiger partial charge in [-0.15, -0.1) is 0 Å². The van der Waals surface area contributed by atoms with E-state index in [0.29, 0.717) is 12.2 Å². The van der Waals surface area contributed by atoms with Gasteiger partial charge >= 0.3 is 10.2 Å². The standard InChI is InChI=1S/C13H21N3O2S/c1-10(2)15-19(17,18)16-9-5-7-12(14)11-6-3-4-8-13(11)16/h3-4,6,8,10,12,15H,5,7,9,14H2,1-2H3. The summed E-state index contributed by atoms with van der Waals surface area (Å²) in [4.78, 5) is 0. The Kier molecular flexibility index (Phi) is 4.13. The second-order valence-electron chi connectivity index (χ2n) is 5.16. The van der Waals surface area contributed by atoms with Crippen molar-refractivity contribution in [3.63, 3.8) is 0 Å². The molecule has 1 unspecified atom stereocenters. The molecule has 1 heterocycles. The van der Waals surface area contributed by atoms with E-state index in [1.807, 2.05) is 38.1 Å². The van der Waals surface area contributed by atoms with Crippen molar-refractivity contribution in [2.75, 3.05) is 10.8 Å². The number of nitrogens with one attached hydrogen (secondary N) is 1. The lowest BCUT2D eigenvalue weighted by molar-refractivity contribution is 0.562. The average Bonchev–Trinajstić information content (AvgIpc) is 2.48. The van der Waals surface area contributed by atoms with Crippen molar-refractivity contribution in [1.29, 1.82) is 0 Å². The maximum absolute atomic E-state index is 12.4. The lowest BCUT2D eigenvalue weighted by Gasteiger charge is -2.26. The minimum Gasteiger partial charge on any atom is -0.324 e. The molecule has 0 bridgehead atoms. The van der Waals surface area contributed by atoms with Crippen LogP contribution in [-0.4, -0.2) is 21.0 Å². The molecule has 0 saturated heterocycles. The third-order valence-corrected chi connectivity index (χ3v) is 4.88. The number of nitrogens with two attached hydrogens (primary N) is 1. The Balaban J connectivity index is 2.44. The lowest BCUT2D eigenvalue weighted by atomic mass is 10.0. The summed E-state index contributed by atoms with van der Waals surface area (Å²) >= 11 is 0. The maximum atomic E-state index is 12.4. The topological polar surface area (TPSA) is 75.4 Å². The average molecular weight is 283 g/mol. The predicted molar refractivity (Wildman–Crippen MR) is 77.1 cm³/mol. The number of fused-ring (bicyclic) bond motifs is 1. The van der Waals surface area contributed by atoms with Crippen LogP contribution < -0.4 is 14.8 Å². The summed E-state index contributed by atoms with van der Waals surface area (Å²) in [6, 6.07) is 7.23. The molecule has 19 heavy (non-hydrogen) atoms. The number of hydrogen-bond acceptors (Lipinski definition) is 3. The van der Waals surface area contributed by atoms with Crippen LogP contribution in [0.15, 0.2) is 24.3 Å². The van der Waals surface area contributed by atoms with E-state index in [0.717, 1.165) is 18.4 Å². The van der Waals surface area contributed by atoms with Crippen LogP contribution in [0.1, 0.15) is 38.3 Å². The second-order valence-corrected chi connectivity index (χ2v) is 6.78. The zero-order valence-corrected chi connectivity index (χ0v) is 12.2. The molecule has 0 aromatic heterocycles. The fourth-order valence-corrected chi connectivity index (χ4v) is 3.89. The molecule has 1 aromatic rings. The van der Waals surface area contributed by atoms with Crippen molar-refractivity contribution in [2.45, 2.75) is 38.8 Å². The molecule has 0 spiro atoms. The second kappa shape index (κ2) is 5.48. The molecule has 5 nitrogen and oxygen atoms in total. The van der Waals surface area contributed by atoms with Crippen molar-refractivity contribution in [3.8, 4) is 0 Å². The monoisotopic (exact) mass is 283 g/mol. The first-order valence-corrected chi connectivity index (χ1v) is 8.00. The van der Waals surface area contributed by atoms with Gasteiger partial charge in [-0.2, -0.15) is 13.1 Å². The van der Waals surface area contributed by atoms with Crippen molar-refractivity contribution >= 4 is 15.9 Å². The van der Waals surface area contributed by atoms with Crippen molar-refractivity contribution in [3.05, 3.63) is 29.8 Å². The highest BCUT2D eigenvalue weighted by molar-refractivity contribution is 7.90. The zero-order valence-electron chi connectivity index (χ0n) is 11.3. The van der Waals surface area contributed by atoms with E-state index in [1.54, 1.807) is 0 Å². The minimum absolute atomic E-state index is 0.101. The molecule has 0 radical (unpaired) electrons. The van der Waals surface area contributed by atoms with Gasteiger partial charge in [0.15, 0.2) is 0 Å². The first-order valence-electron chi connectivity index (χ1n) is 6.56.